The molecule has 0 aliphatic heterocycles. The number of benzene rings is 7. The molecule has 56 heavy (non-hydrogen) atoms. The second kappa shape index (κ2) is 13.4. The van der Waals surface area contributed by atoms with Crippen molar-refractivity contribution < 1.29 is 0 Å². The highest BCUT2D eigenvalue weighted by molar-refractivity contribution is 7.25. The monoisotopic (exact) mass is 753 g/mol. The molecule has 11 aromatic rings. The molecule has 0 unspecified atom stereocenters. The van der Waals surface area contributed by atoms with Crippen LogP contribution in [0.2, 0.25) is 0 Å². The number of thiophene rings is 1. The van der Waals surface area contributed by atoms with E-state index < -0.39 is 0 Å². The average molecular weight is 754 g/mol. The SMILES string of the molecule is c1ccc(-c2nc3ccc(N(c4ccc5c(ccc6cc(N(c7ccc8sc9ccccc9c8c7)c7ccccn7)ccc65)c4)c4ccccn4)cc3s2)cc1. The van der Waals surface area contributed by atoms with Crippen LogP contribution in [0.4, 0.5) is 34.4 Å². The molecule has 0 saturated carbocycles. The second-order valence-corrected chi connectivity index (χ2v) is 15.9. The lowest BCUT2D eigenvalue weighted by molar-refractivity contribution is 1.18. The highest BCUT2D eigenvalue weighted by atomic mass is 32.1. The first-order valence-corrected chi connectivity index (χ1v) is 20.1. The van der Waals surface area contributed by atoms with Gasteiger partial charge >= 0.3 is 0 Å². The van der Waals surface area contributed by atoms with Gasteiger partial charge in [-0.3, -0.25) is 9.80 Å². The Morgan fingerprint density at radius 3 is 1.62 bits per heavy atom. The predicted molar refractivity (Wildman–Crippen MR) is 238 cm³/mol. The molecule has 4 aromatic heterocycles. The summed E-state index contributed by atoms with van der Waals surface area (Å²) in [4.78, 5) is 19.1. The van der Waals surface area contributed by atoms with Gasteiger partial charge in [-0.05, 0) is 113 Å². The molecular formula is C49H31N5S2. The maximum Gasteiger partial charge on any atom is 0.137 e. The molecule has 0 aliphatic carbocycles. The number of thiazole rings is 1. The fourth-order valence-electron chi connectivity index (χ4n) is 7.73. The van der Waals surface area contributed by atoms with Crippen LogP contribution in [-0.2, 0) is 0 Å². The van der Waals surface area contributed by atoms with Gasteiger partial charge < -0.3 is 0 Å². The minimum Gasteiger partial charge on any atom is -0.295 e. The number of nitrogens with zero attached hydrogens (tertiary/aromatic N) is 5. The molecular weight excluding hydrogens is 723 g/mol. The summed E-state index contributed by atoms with van der Waals surface area (Å²) in [5.41, 5.74) is 6.33. The van der Waals surface area contributed by atoms with Crippen molar-refractivity contribution in [2.45, 2.75) is 0 Å². The van der Waals surface area contributed by atoms with Crippen molar-refractivity contribution >= 4 is 109 Å². The minimum atomic E-state index is 0.854. The fourth-order valence-corrected chi connectivity index (χ4v) is 9.82. The van der Waals surface area contributed by atoms with Crippen LogP contribution in [0.5, 0.6) is 0 Å². The molecule has 5 nitrogen and oxygen atoms in total. The van der Waals surface area contributed by atoms with Gasteiger partial charge in [0, 0.05) is 60.9 Å². The maximum absolute atomic E-state index is 4.95. The minimum absolute atomic E-state index is 0.854. The Morgan fingerprint density at radius 1 is 0.375 bits per heavy atom. The summed E-state index contributed by atoms with van der Waals surface area (Å²) in [6.45, 7) is 0. The van der Waals surface area contributed by atoms with Gasteiger partial charge in [0.25, 0.3) is 0 Å². The number of pyridine rings is 2. The third kappa shape index (κ3) is 5.64. The Balaban J connectivity index is 0.998. The van der Waals surface area contributed by atoms with Crippen LogP contribution in [-0.4, -0.2) is 15.0 Å². The molecule has 11 rings (SSSR count). The Labute approximate surface area is 331 Å². The molecule has 0 spiro atoms. The van der Waals surface area contributed by atoms with Crippen molar-refractivity contribution in [1.82, 2.24) is 15.0 Å². The number of hydrogen-bond donors (Lipinski definition) is 0. The van der Waals surface area contributed by atoms with Crippen LogP contribution in [0.3, 0.4) is 0 Å². The standard InChI is InChI=1S/C49H31N5S2/c1-2-10-32(11-3-1)49-52-43-24-20-38(31-46(43)56-49)54(48-15-7-9-27-51-48)36-19-23-40-34(29-36)17-16-33-28-35(18-22-39(33)40)53(47-14-6-8-26-50-47)37-21-25-45-42(30-37)41-12-4-5-13-44(41)55-45/h1-31H. The molecule has 0 N–H and O–H groups in total. The van der Waals surface area contributed by atoms with Crippen molar-refractivity contribution in [2.75, 3.05) is 9.80 Å². The molecule has 264 valence electrons. The van der Waals surface area contributed by atoms with Crippen LogP contribution in [0, 0.1) is 0 Å². The van der Waals surface area contributed by atoms with E-state index in [9.17, 15) is 0 Å². The largest absolute Gasteiger partial charge is 0.295 e. The zero-order chi connectivity index (χ0) is 37.0. The topological polar surface area (TPSA) is 45.2 Å². The number of anilines is 6. The molecule has 0 bridgehead atoms. The molecule has 0 aliphatic rings. The van der Waals surface area contributed by atoms with Crippen LogP contribution >= 0.6 is 22.7 Å². The van der Waals surface area contributed by atoms with E-state index in [1.807, 2.05) is 54.1 Å². The first-order chi connectivity index (χ1) is 27.7. The average Bonchev–Trinajstić information content (AvgIpc) is 3.86. The highest BCUT2D eigenvalue weighted by Gasteiger charge is 2.19. The lowest BCUT2D eigenvalue weighted by Gasteiger charge is -2.25. The van der Waals surface area contributed by atoms with E-state index in [0.717, 1.165) is 65.9 Å². The normalized spacial score (nSPS) is 11.6. The highest BCUT2D eigenvalue weighted by Crippen LogP contribution is 2.43. The Morgan fingerprint density at radius 2 is 0.946 bits per heavy atom. The van der Waals surface area contributed by atoms with Crippen LogP contribution in [0.1, 0.15) is 0 Å². The lowest BCUT2D eigenvalue weighted by Crippen LogP contribution is -2.11. The van der Waals surface area contributed by atoms with E-state index >= 15 is 0 Å². The van der Waals surface area contributed by atoms with Crippen molar-refractivity contribution in [3.63, 3.8) is 0 Å². The molecule has 4 heterocycles. The zero-order valence-electron chi connectivity index (χ0n) is 30.0. The van der Waals surface area contributed by atoms with E-state index in [4.69, 9.17) is 15.0 Å². The first-order valence-electron chi connectivity index (χ1n) is 18.5. The van der Waals surface area contributed by atoms with Crippen molar-refractivity contribution in [3.05, 3.63) is 188 Å². The summed E-state index contributed by atoms with van der Waals surface area (Å²) in [5, 5.41) is 8.27. The van der Waals surface area contributed by atoms with E-state index in [1.54, 1.807) is 11.3 Å². The molecule has 7 aromatic carbocycles. The maximum atomic E-state index is 4.95. The fraction of sp³-hybridized carbons (Fsp3) is 0. The van der Waals surface area contributed by atoms with Gasteiger partial charge in [0.1, 0.15) is 16.6 Å². The van der Waals surface area contributed by atoms with Gasteiger partial charge in [0.2, 0.25) is 0 Å². The third-order valence-electron chi connectivity index (χ3n) is 10.3. The van der Waals surface area contributed by atoms with E-state index in [0.29, 0.717) is 0 Å². The molecule has 0 fully saturated rings. The molecule has 0 amide bonds. The van der Waals surface area contributed by atoms with E-state index in [1.165, 1.54) is 30.9 Å². The summed E-state index contributed by atoms with van der Waals surface area (Å²) < 4.78 is 3.71. The van der Waals surface area contributed by atoms with Gasteiger partial charge in [-0.1, -0.05) is 84.9 Å². The number of hydrogen-bond acceptors (Lipinski definition) is 7. The molecule has 0 atom stereocenters. The van der Waals surface area contributed by atoms with Gasteiger partial charge in [-0.2, -0.15) is 0 Å². The Bertz CT molecular complexity index is 3210. The summed E-state index contributed by atoms with van der Waals surface area (Å²) >= 11 is 3.55. The second-order valence-electron chi connectivity index (χ2n) is 13.7. The van der Waals surface area contributed by atoms with E-state index in [-0.39, 0.29) is 0 Å². The Kier molecular flexibility index (Phi) is 7.79. The van der Waals surface area contributed by atoms with E-state index in [2.05, 4.69) is 155 Å². The molecule has 0 radical (unpaired) electrons. The number of rotatable bonds is 7. The Hall–Kier alpha value is -6.93. The van der Waals surface area contributed by atoms with Crippen molar-refractivity contribution in [2.24, 2.45) is 0 Å². The summed E-state index contributed by atoms with van der Waals surface area (Å²) in [5.74, 6) is 1.73. The van der Waals surface area contributed by atoms with Gasteiger partial charge in [0.15, 0.2) is 0 Å². The van der Waals surface area contributed by atoms with Crippen LogP contribution in [0.25, 0.3) is 62.5 Å². The smallest absolute Gasteiger partial charge is 0.137 e. The van der Waals surface area contributed by atoms with Crippen LogP contribution in [0.15, 0.2) is 188 Å². The van der Waals surface area contributed by atoms with Gasteiger partial charge in [-0.15, -0.1) is 22.7 Å². The summed E-state index contributed by atoms with van der Waals surface area (Å²) in [7, 11) is 0. The number of aromatic nitrogens is 3. The quantitative estimate of drug-likeness (QED) is 0.152. The van der Waals surface area contributed by atoms with Gasteiger partial charge in [-0.25, -0.2) is 15.0 Å². The molecule has 0 saturated heterocycles. The summed E-state index contributed by atoms with van der Waals surface area (Å²) in [6.07, 6.45) is 3.71. The van der Waals surface area contributed by atoms with Gasteiger partial charge in [0.05, 0.1) is 10.2 Å². The summed E-state index contributed by atoms with van der Waals surface area (Å²) in [6, 6.07) is 62.3. The van der Waals surface area contributed by atoms with Crippen LogP contribution < -0.4 is 9.80 Å². The molecule has 7 heteroatoms. The number of fused-ring (bicyclic) bond motifs is 7. The first kappa shape index (κ1) is 32.5. The zero-order valence-corrected chi connectivity index (χ0v) is 31.6. The third-order valence-corrected chi connectivity index (χ3v) is 12.6. The van der Waals surface area contributed by atoms with Crippen molar-refractivity contribution in [3.8, 4) is 10.6 Å². The van der Waals surface area contributed by atoms with Crippen molar-refractivity contribution in [1.29, 1.82) is 0 Å². The lowest BCUT2D eigenvalue weighted by atomic mass is 10.00. The predicted octanol–water partition coefficient (Wildman–Crippen LogP) is 14.4.